The predicted molar refractivity (Wildman–Crippen MR) is 92.0 cm³/mol. The van der Waals surface area contributed by atoms with E-state index >= 15 is 0 Å². The number of nitrogens with one attached hydrogen (secondary N) is 1. The molecule has 0 saturated carbocycles. The lowest BCUT2D eigenvalue weighted by Crippen LogP contribution is -2.15. The van der Waals surface area contributed by atoms with Gasteiger partial charge in [-0.1, -0.05) is 51.4 Å². The van der Waals surface area contributed by atoms with Crippen molar-refractivity contribution in [2.75, 3.05) is 11.2 Å². The maximum atomic E-state index is 11.8. The van der Waals surface area contributed by atoms with E-state index < -0.39 is 0 Å². The number of amides is 1. The molecule has 0 aromatic heterocycles. The molecule has 2 aromatic rings. The molecule has 0 aliphatic heterocycles. The molecule has 0 aliphatic carbocycles. The summed E-state index contributed by atoms with van der Waals surface area (Å²) >= 11 is 8.97. The van der Waals surface area contributed by atoms with Crippen LogP contribution < -0.4 is 5.32 Å². The van der Waals surface area contributed by atoms with Gasteiger partial charge in [0.1, 0.15) is 5.71 Å². The molecule has 1 amide bonds. The first kappa shape index (κ1) is 16.5. The van der Waals surface area contributed by atoms with Crippen molar-refractivity contribution in [3.63, 3.8) is 0 Å². The van der Waals surface area contributed by atoms with Gasteiger partial charge in [-0.2, -0.15) is 0 Å². The molecule has 0 unspecified atom stereocenters. The Morgan fingerprint density at radius 2 is 1.95 bits per heavy atom. The largest absolute Gasteiger partial charge is 0.410 e. The summed E-state index contributed by atoms with van der Waals surface area (Å²) in [6, 6.07) is 14.6. The predicted octanol–water partition coefficient (Wildman–Crippen LogP) is 4.24. The van der Waals surface area contributed by atoms with Crippen molar-refractivity contribution in [1.82, 2.24) is 0 Å². The van der Waals surface area contributed by atoms with E-state index in [-0.39, 0.29) is 18.2 Å². The first-order valence-electron chi connectivity index (χ1n) is 6.59. The molecule has 114 valence electrons. The van der Waals surface area contributed by atoms with Gasteiger partial charge < -0.3 is 10.5 Å². The SMILES string of the molecule is O=C(CCCl)Nc1ccc(Br)cc1/C(=N/O)c1ccccc1. The Kier molecular flexibility index (Phi) is 5.98. The van der Waals surface area contributed by atoms with Crippen LogP contribution in [0.3, 0.4) is 0 Å². The second kappa shape index (κ2) is 7.96. The van der Waals surface area contributed by atoms with E-state index in [1.165, 1.54) is 0 Å². The lowest BCUT2D eigenvalue weighted by molar-refractivity contribution is -0.115. The van der Waals surface area contributed by atoms with E-state index in [0.29, 0.717) is 17.0 Å². The average Bonchev–Trinajstić information content (AvgIpc) is 2.52. The van der Waals surface area contributed by atoms with Gasteiger partial charge >= 0.3 is 0 Å². The highest BCUT2D eigenvalue weighted by Crippen LogP contribution is 2.24. The van der Waals surface area contributed by atoms with E-state index in [2.05, 4.69) is 26.4 Å². The lowest BCUT2D eigenvalue weighted by Gasteiger charge is -2.13. The van der Waals surface area contributed by atoms with Gasteiger partial charge in [-0.3, -0.25) is 4.79 Å². The van der Waals surface area contributed by atoms with Gasteiger partial charge in [0.25, 0.3) is 0 Å². The maximum absolute atomic E-state index is 11.8. The monoisotopic (exact) mass is 380 g/mol. The topological polar surface area (TPSA) is 61.7 Å². The highest BCUT2D eigenvalue weighted by molar-refractivity contribution is 9.10. The van der Waals surface area contributed by atoms with Gasteiger partial charge in [0.05, 0.1) is 5.69 Å². The zero-order valence-electron chi connectivity index (χ0n) is 11.6. The van der Waals surface area contributed by atoms with E-state index in [1.807, 2.05) is 30.3 Å². The summed E-state index contributed by atoms with van der Waals surface area (Å²) < 4.78 is 0.815. The van der Waals surface area contributed by atoms with Crippen molar-refractivity contribution in [2.45, 2.75) is 6.42 Å². The molecule has 6 heteroatoms. The number of anilines is 1. The number of halogens is 2. The molecule has 22 heavy (non-hydrogen) atoms. The molecule has 4 nitrogen and oxygen atoms in total. The van der Waals surface area contributed by atoms with Crippen LogP contribution in [0.5, 0.6) is 0 Å². The number of carbonyl (C=O) groups excluding carboxylic acids is 1. The number of nitrogens with zero attached hydrogens (tertiary/aromatic N) is 1. The van der Waals surface area contributed by atoms with Crippen LogP contribution in [0.2, 0.25) is 0 Å². The number of carbonyl (C=O) groups is 1. The van der Waals surface area contributed by atoms with Crippen molar-refractivity contribution in [2.24, 2.45) is 5.16 Å². The molecule has 0 fully saturated rings. The summed E-state index contributed by atoms with van der Waals surface area (Å²) in [7, 11) is 0. The molecule has 0 aliphatic rings. The van der Waals surface area contributed by atoms with Crippen LogP contribution in [0.4, 0.5) is 5.69 Å². The minimum absolute atomic E-state index is 0.191. The second-order valence-corrected chi connectivity index (χ2v) is 5.79. The van der Waals surface area contributed by atoms with Crippen LogP contribution in [0.25, 0.3) is 0 Å². The Morgan fingerprint density at radius 3 is 2.59 bits per heavy atom. The van der Waals surface area contributed by atoms with Gasteiger partial charge in [0.2, 0.25) is 5.91 Å². The minimum Gasteiger partial charge on any atom is -0.410 e. The van der Waals surface area contributed by atoms with Crippen LogP contribution >= 0.6 is 27.5 Å². The van der Waals surface area contributed by atoms with E-state index in [0.717, 1.165) is 10.0 Å². The molecule has 2 rings (SSSR count). The summed E-state index contributed by atoms with van der Waals surface area (Å²) in [5.41, 5.74) is 2.31. The summed E-state index contributed by atoms with van der Waals surface area (Å²) in [5, 5.41) is 15.6. The summed E-state index contributed by atoms with van der Waals surface area (Å²) in [5.74, 6) is 0.0565. The first-order valence-corrected chi connectivity index (χ1v) is 7.91. The number of alkyl halides is 1. The third kappa shape index (κ3) is 4.08. The normalized spacial score (nSPS) is 11.3. The van der Waals surface area contributed by atoms with Crippen molar-refractivity contribution in [1.29, 1.82) is 0 Å². The Hall–Kier alpha value is -1.85. The second-order valence-electron chi connectivity index (χ2n) is 4.49. The van der Waals surface area contributed by atoms with Crippen molar-refractivity contribution >= 4 is 44.8 Å². The molecule has 0 radical (unpaired) electrons. The van der Waals surface area contributed by atoms with E-state index in [1.54, 1.807) is 18.2 Å². The van der Waals surface area contributed by atoms with Crippen LogP contribution in [0, 0.1) is 0 Å². The summed E-state index contributed by atoms with van der Waals surface area (Å²) in [6.45, 7) is 0. The molecule has 2 N–H and O–H groups in total. The van der Waals surface area contributed by atoms with Crippen molar-refractivity contribution in [3.8, 4) is 0 Å². The Bertz CT molecular complexity index is 690. The van der Waals surface area contributed by atoms with Gasteiger partial charge in [-0.05, 0) is 18.2 Å². The maximum Gasteiger partial charge on any atom is 0.225 e. The molecule has 0 atom stereocenters. The lowest BCUT2D eigenvalue weighted by atomic mass is 10.0. The Balaban J connectivity index is 2.44. The molecule has 0 saturated heterocycles. The zero-order chi connectivity index (χ0) is 15.9. The number of benzene rings is 2. The van der Waals surface area contributed by atoms with Crippen LogP contribution in [0.1, 0.15) is 17.5 Å². The molecule has 0 bridgehead atoms. The molecular weight excluding hydrogens is 368 g/mol. The third-order valence-corrected chi connectivity index (χ3v) is 3.66. The van der Waals surface area contributed by atoms with Crippen molar-refractivity contribution in [3.05, 3.63) is 64.1 Å². The highest BCUT2D eigenvalue weighted by Gasteiger charge is 2.14. The zero-order valence-corrected chi connectivity index (χ0v) is 13.9. The van der Waals surface area contributed by atoms with Gasteiger partial charge in [0, 0.05) is 27.9 Å². The Morgan fingerprint density at radius 1 is 1.23 bits per heavy atom. The van der Waals surface area contributed by atoms with Crippen LogP contribution in [-0.4, -0.2) is 22.7 Å². The van der Waals surface area contributed by atoms with Crippen LogP contribution in [-0.2, 0) is 4.79 Å². The fraction of sp³-hybridized carbons (Fsp3) is 0.125. The third-order valence-electron chi connectivity index (χ3n) is 2.98. The number of oxime groups is 1. The Labute approximate surface area is 141 Å². The quantitative estimate of drug-likeness (QED) is 0.352. The standard InChI is InChI=1S/C16H14BrClN2O2/c17-12-6-7-14(19-15(21)8-9-18)13(10-12)16(20-22)11-4-2-1-3-5-11/h1-7,10,22H,8-9H2,(H,19,21)/b20-16+. The number of hydrogen-bond acceptors (Lipinski definition) is 3. The molecule has 0 heterocycles. The van der Waals surface area contributed by atoms with Gasteiger partial charge in [-0.25, -0.2) is 0 Å². The first-order chi connectivity index (χ1) is 10.7. The van der Waals surface area contributed by atoms with Crippen molar-refractivity contribution < 1.29 is 10.0 Å². The van der Waals surface area contributed by atoms with Gasteiger partial charge in [-0.15, -0.1) is 11.6 Å². The van der Waals surface area contributed by atoms with E-state index in [9.17, 15) is 10.0 Å². The average molecular weight is 382 g/mol. The summed E-state index contributed by atoms with van der Waals surface area (Å²) in [4.78, 5) is 11.8. The fourth-order valence-electron chi connectivity index (χ4n) is 1.98. The number of hydrogen-bond donors (Lipinski definition) is 2. The molecule has 0 spiro atoms. The van der Waals surface area contributed by atoms with Crippen LogP contribution in [0.15, 0.2) is 58.2 Å². The molecular formula is C16H14BrClN2O2. The van der Waals surface area contributed by atoms with Gasteiger partial charge in [0.15, 0.2) is 0 Å². The fourth-order valence-corrected chi connectivity index (χ4v) is 2.52. The van der Waals surface area contributed by atoms with E-state index in [4.69, 9.17) is 11.6 Å². The molecule has 2 aromatic carbocycles. The highest BCUT2D eigenvalue weighted by atomic mass is 79.9. The smallest absolute Gasteiger partial charge is 0.225 e. The summed E-state index contributed by atoms with van der Waals surface area (Å²) in [6.07, 6.45) is 0.216. The number of rotatable bonds is 5. The minimum atomic E-state index is -0.191.